The minimum absolute atomic E-state index is 0. The summed E-state index contributed by atoms with van der Waals surface area (Å²) >= 11 is 1.46. The Kier molecular flexibility index (Phi) is 13.9. The predicted octanol–water partition coefficient (Wildman–Crippen LogP) is 3.45. The van der Waals surface area contributed by atoms with Crippen LogP contribution in [0.25, 0.3) is 11.1 Å². The molecule has 1 unspecified atom stereocenters. The summed E-state index contributed by atoms with van der Waals surface area (Å²) in [4.78, 5) is 0. The standard InChI is InChI=1S/C15H14.C13H9.C10H15.2ClH.Zr/c1-12-3-7-14(8-4-12)11-15-9-5-13(2)6-10-15;1-3-7-12-10(5-1)9-11-6-2-4-8-13(11)12;1-7(2)10-6-8(3)5-9(10)4;;;/h3-10H,1-2H3;1-5,7-8H,9H2;6-8H,1-4H3;2*1H;/q;2*-1;;;+2/p-2. The van der Waals surface area contributed by atoms with E-state index in [-0.39, 0.29) is 24.8 Å². The molecule has 2 aliphatic carbocycles. The quantitative estimate of drug-likeness (QED) is 0.261. The van der Waals surface area contributed by atoms with Crippen LogP contribution in [0, 0.1) is 37.8 Å². The van der Waals surface area contributed by atoms with Crippen molar-refractivity contribution in [2.24, 2.45) is 11.8 Å². The van der Waals surface area contributed by atoms with E-state index in [9.17, 15) is 0 Å². The first-order chi connectivity index (χ1) is 18.7. The Labute approximate surface area is 275 Å². The zero-order valence-corrected chi connectivity index (χ0v) is 28.8. The number of halogens is 2. The van der Waals surface area contributed by atoms with Crippen LogP contribution in [0.15, 0.2) is 108 Å². The summed E-state index contributed by atoms with van der Waals surface area (Å²) in [5.74, 6) is 1.20. The maximum absolute atomic E-state index is 3.37. The van der Waals surface area contributed by atoms with Gasteiger partial charge in [0.15, 0.2) is 0 Å². The summed E-state index contributed by atoms with van der Waals surface area (Å²) in [6.45, 7) is 13.0. The fourth-order valence-electron chi connectivity index (χ4n) is 5.09. The van der Waals surface area contributed by atoms with Gasteiger partial charge in [-0.3, -0.25) is 6.08 Å². The number of aryl methyl sites for hydroxylation is 2. The Bertz CT molecular complexity index is 1400. The number of allylic oxidation sites excluding steroid dienone is 4. The minimum atomic E-state index is 0. The van der Waals surface area contributed by atoms with E-state index in [0.717, 1.165) is 6.42 Å². The third-order valence-electron chi connectivity index (χ3n) is 7.23. The SMILES string of the molecule is CC1=[C-]C(C)C=C1C(C)C.Cc1ccc([C](=[Zr+2])c2ccc(C)cc2)cc1.[Cl-].[Cl-].[c-]1cccc2c1Cc1ccccc1-2. The van der Waals surface area contributed by atoms with Crippen LogP contribution in [0.4, 0.5) is 0 Å². The molecule has 4 aromatic carbocycles. The first kappa shape index (κ1) is 34.9. The number of rotatable bonds is 3. The van der Waals surface area contributed by atoms with Crippen LogP contribution in [0.3, 0.4) is 0 Å². The summed E-state index contributed by atoms with van der Waals surface area (Å²) in [6, 6.07) is 35.6. The van der Waals surface area contributed by atoms with Gasteiger partial charge in [-0.25, -0.2) is 5.57 Å². The van der Waals surface area contributed by atoms with Crippen molar-refractivity contribution in [3.63, 3.8) is 0 Å². The second kappa shape index (κ2) is 16.4. The second-order valence-electron chi connectivity index (χ2n) is 10.8. The maximum atomic E-state index is 3.37. The van der Waals surface area contributed by atoms with Crippen molar-refractivity contribution in [2.75, 3.05) is 0 Å². The normalized spacial score (nSPS) is 14.0. The van der Waals surface area contributed by atoms with Crippen molar-refractivity contribution in [1.82, 2.24) is 0 Å². The smallest absolute Gasteiger partial charge is 0.0253 e. The molecule has 2 aliphatic rings. The van der Waals surface area contributed by atoms with Gasteiger partial charge in [0.05, 0.1) is 0 Å². The van der Waals surface area contributed by atoms with Gasteiger partial charge in [-0.05, 0) is 6.42 Å². The van der Waals surface area contributed by atoms with Crippen LogP contribution in [0.5, 0.6) is 0 Å². The molecule has 0 radical (unpaired) electrons. The molecule has 6 rings (SSSR count). The molecule has 1 atom stereocenters. The van der Waals surface area contributed by atoms with Gasteiger partial charge >= 0.3 is 112 Å². The number of fused-ring (bicyclic) bond motifs is 3. The van der Waals surface area contributed by atoms with E-state index in [1.165, 1.54) is 83.1 Å². The molecule has 0 saturated carbocycles. The van der Waals surface area contributed by atoms with Gasteiger partial charge < -0.3 is 24.8 Å². The average molecular weight is 657 g/mol. The maximum Gasteiger partial charge on any atom is -0.0253 e. The second-order valence-corrected chi connectivity index (χ2v) is 12.1. The molecule has 3 heteroatoms. The molecule has 0 fully saturated rings. The van der Waals surface area contributed by atoms with E-state index >= 15 is 0 Å². The topological polar surface area (TPSA) is 0 Å². The van der Waals surface area contributed by atoms with Crippen LogP contribution in [-0.2, 0) is 30.7 Å². The van der Waals surface area contributed by atoms with Gasteiger partial charge in [-0.2, -0.15) is 41.5 Å². The van der Waals surface area contributed by atoms with Gasteiger partial charge in [-0.15, -0.1) is 5.56 Å². The first-order valence-electron chi connectivity index (χ1n) is 13.9. The summed E-state index contributed by atoms with van der Waals surface area (Å²) in [7, 11) is 0. The van der Waals surface area contributed by atoms with E-state index in [0.29, 0.717) is 11.8 Å². The summed E-state index contributed by atoms with van der Waals surface area (Å²) in [5.41, 5.74) is 13.7. The summed E-state index contributed by atoms with van der Waals surface area (Å²) < 4.78 is 1.42. The molecule has 0 aliphatic heterocycles. The van der Waals surface area contributed by atoms with Crippen molar-refractivity contribution in [3.05, 3.63) is 154 Å². The molecule has 0 saturated heterocycles. The first-order valence-corrected chi connectivity index (χ1v) is 15.1. The van der Waals surface area contributed by atoms with Crippen LogP contribution < -0.4 is 24.8 Å². The van der Waals surface area contributed by atoms with Crippen LogP contribution in [-0.4, -0.2) is 3.21 Å². The zero-order chi connectivity index (χ0) is 27.9. The minimum Gasteiger partial charge on any atom is -1.00 e. The Balaban J connectivity index is 0.000000215. The van der Waals surface area contributed by atoms with E-state index in [2.05, 4.69) is 145 Å². The molecule has 0 spiro atoms. The molecule has 0 heterocycles. The Morgan fingerprint density at radius 1 is 0.756 bits per heavy atom. The van der Waals surface area contributed by atoms with Crippen molar-refractivity contribution in [2.45, 2.75) is 48.0 Å². The molecular formula is C38H38Cl2Zr-2. The van der Waals surface area contributed by atoms with Gasteiger partial charge in [0.2, 0.25) is 0 Å². The van der Waals surface area contributed by atoms with Gasteiger partial charge in [0, 0.05) is 0 Å². The van der Waals surface area contributed by atoms with Crippen molar-refractivity contribution in [3.8, 4) is 11.1 Å². The molecule has 0 N–H and O–H groups in total. The fourth-order valence-corrected chi connectivity index (χ4v) is 5.91. The molecular weight excluding hydrogens is 619 g/mol. The number of hydrogen-bond acceptors (Lipinski definition) is 0. The van der Waals surface area contributed by atoms with Crippen molar-refractivity contribution < 1.29 is 49.0 Å². The molecule has 41 heavy (non-hydrogen) atoms. The summed E-state index contributed by atoms with van der Waals surface area (Å²) in [5, 5.41) is 0. The van der Waals surface area contributed by atoms with Crippen LogP contribution >= 0.6 is 0 Å². The van der Waals surface area contributed by atoms with E-state index in [1.54, 1.807) is 0 Å². The Hall–Kier alpha value is -2.31. The van der Waals surface area contributed by atoms with Gasteiger partial charge in [0.1, 0.15) is 0 Å². The van der Waals surface area contributed by atoms with E-state index < -0.39 is 0 Å². The van der Waals surface area contributed by atoms with E-state index in [4.69, 9.17) is 0 Å². The summed E-state index contributed by atoms with van der Waals surface area (Å²) in [6.07, 6.45) is 6.73. The Morgan fingerprint density at radius 2 is 1.29 bits per heavy atom. The number of benzene rings is 4. The molecule has 0 bridgehead atoms. The molecule has 0 amide bonds. The Morgan fingerprint density at radius 3 is 1.78 bits per heavy atom. The van der Waals surface area contributed by atoms with Crippen LogP contribution in [0.1, 0.15) is 61.1 Å². The number of hydrogen-bond donors (Lipinski definition) is 0. The molecule has 210 valence electrons. The van der Waals surface area contributed by atoms with Crippen LogP contribution in [0.2, 0.25) is 0 Å². The third kappa shape index (κ3) is 9.34. The fraction of sp³-hybridized carbons (Fsp3) is 0.237. The molecule has 4 aromatic rings. The van der Waals surface area contributed by atoms with Gasteiger partial charge in [-0.1, -0.05) is 74.9 Å². The largest absolute Gasteiger partial charge is 1.00 e. The monoisotopic (exact) mass is 654 g/mol. The molecule has 0 nitrogen and oxygen atoms in total. The zero-order valence-electron chi connectivity index (χ0n) is 24.9. The van der Waals surface area contributed by atoms with Crippen molar-refractivity contribution >= 4 is 3.21 Å². The van der Waals surface area contributed by atoms with Gasteiger partial charge in [0.25, 0.3) is 0 Å². The third-order valence-corrected chi connectivity index (χ3v) is 8.64. The predicted molar refractivity (Wildman–Crippen MR) is 164 cm³/mol. The van der Waals surface area contributed by atoms with Crippen molar-refractivity contribution in [1.29, 1.82) is 0 Å². The molecule has 0 aromatic heterocycles. The average Bonchev–Trinajstić information content (AvgIpc) is 3.49. The van der Waals surface area contributed by atoms with E-state index in [1.807, 2.05) is 6.07 Å².